The second-order valence-electron chi connectivity index (χ2n) is 12.1. The summed E-state index contributed by atoms with van der Waals surface area (Å²) in [5.74, 6) is -1.80. The van der Waals surface area contributed by atoms with Gasteiger partial charge in [-0.25, -0.2) is 13.8 Å². The normalized spacial score (nSPS) is 20.3. The Bertz CT molecular complexity index is 1750. The van der Waals surface area contributed by atoms with Gasteiger partial charge in [0.1, 0.15) is 17.2 Å². The van der Waals surface area contributed by atoms with E-state index < -0.39 is 28.9 Å². The van der Waals surface area contributed by atoms with Crippen molar-refractivity contribution in [2.24, 2.45) is 5.41 Å². The Labute approximate surface area is 259 Å². The number of nitrogens with two attached hydrogens (primary N) is 1. The first-order valence-corrected chi connectivity index (χ1v) is 15.7. The number of nitrogens with one attached hydrogen (secondary N) is 1. The molecule has 2 aromatic heterocycles. The number of nitrogen functional groups attached to an aromatic ring is 1. The molecule has 9 nitrogen and oxygen atoms in total. The highest BCUT2D eigenvalue weighted by molar-refractivity contribution is 7.22. The van der Waals surface area contributed by atoms with Crippen LogP contribution >= 0.6 is 11.3 Å². The number of likely N-dealkylation sites (N-methyl/N-ethyl adjacent to an activating group) is 1. The van der Waals surface area contributed by atoms with Gasteiger partial charge in [0.25, 0.3) is 0 Å². The molecule has 7 rings (SSSR count). The van der Waals surface area contributed by atoms with Crippen LogP contribution in [0.3, 0.4) is 0 Å². The van der Waals surface area contributed by atoms with Gasteiger partial charge in [-0.3, -0.25) is 4.90 Å². The van der Waals surface area contributed by atoms with Crippen molar-refractivity contribution in [2.45, 2.75) is 31.5 Å². The Morgan fingerprint density at radius 3 is 2.62 bits per heavy atom. The van der Waals surface area contributed by atoms with Crippen molar-refractivity contribution >= 4 is 43.4 Å². The minimum atomic E-state index is -4.97. The molecule has 0 unspecified atom stereocenters. The highest BCUT2D eigenvalue weighted by atomic mass is 32.1. The molecule has 2 aliphatic heterocycles. The minimum Gasteiger partial charge on any atom is -0.463 e. The van der Waals surface area contributed by atoms with Crippen LogP contribution in [-0.4, -0.2) is 85.5 Å². The lowest BCUT2D eigenvalue weighted by molar-refractivity contribution is -0.137. The van der Waals surface area contributed by atoms with Crippen LogP contribution in [0.5, 0.6) is 6.01 Å². The number of ether oxygens (including phenoxy) is 2. The molecule has 0 spiro atoms. The fraction of sp³-hybridized carbons (Fsp3) is 0.500. The summed E-state index contributed by atoms with van der Waals surface area (Å²) in [4.78, 5) is 17.1. The van der Waals surface area contributed by atoms with Crippen LogP contribution in [0.2, 0.25) is 0 Å². The number of alkyl halides is 3. The van der Waals surface area contributed by atoms with Crippen molar-refractivity contribution in [3.05, 3.63) is 35.4 Å². The SMILES string of the molecule is CN(c1nc(OCC2(CN3CCOCC3)CC2)nc2c(F)c(-c3ccc(F)c4sc(N)nc34)c(C(F)(F)F)cc12)[C@@H]1CCNC1. The molecule has 0 amide bonds. The molecule has 240 valence electrons. The number of halogens is 5. The van der Waals surface area contributed by atoms with Crippen LogP contribution in [0, 0.1) is 17.0 Å². The molecule has 1 saturated carbocycles. The number of benzene rings is 2. The van der Waals surface area contributed by atoms with Gasteiger partial charge in [0, 0.05) is 61.2 Å². The molecular weight excluding hydrogens is 617 g/mol. The second-order valence-corrected chi connectivity index (χ2v) is 13.1. The van der Waals surface area contributed by atoms with Crippen molar-refractivity contribution in [1.29, 1.82) is 0 Å². The number of anilines is 2. The number of morpholine rings is 1. The quantitative estimate of drug-likeness (QED) is 0.253. The van der Waals surface area contributed by atoms with E-state index in [4.69, 9.17) is 15.2 Å². The maximum absolute atomic E-state index is 16.7. The van der Waals surface area contributed by atoms with Gasteiger partial charge in [0.2, 0.25) is 0 Å². The molecule has 15 heteroatoms. The second kappa shape index (κ2) is 11.4. The first kappa shape index (κ1) is 30.3. The minimum absolute atomic E-state index is 0.0516. The summed E-state index contributed by atoms with van der Waals surface area (Å²) < 4.78 is 87.0. The molecule has 45 heavy (non-hydrogen) atoms. The first-order valence-electron chi connectivity index (χ1n) is 14.9. The third kappa shape index (κ3) is 5.75. The Morgan fingerprint density at radius 1 is 1.16 bits per heavy atom. The van der Waals surface area contributed by atoms with Gasteiger partial charge in [-0.05, 0) is 44.0 Å². The number of aromatic nitrogens is 3. The average molecular weight is 650 g/mol. The lowest BCUT2D eigenvalue weighted by atomic mass is 9.95. The van der Waals surface area contributed by atoms with Crippen molar-refractivity contribution in [1.82, 2.24) is 25.2 Å². The summed E-state index contributed by atoms with van der Waals surface area (Å²) in [6.07, 6.45) is -2.34. The average Bonchev–Trinajstić information content (AvgIpc) is 3.36. The summed E-state index contributed by atoms with van der Waals surface area (Å²) in [5, 5.41) is 3.10. The number of thiazole rings is 1. The first-order chi connectivity index (χ1) is 21.5. The number of fused-ring (bicyclic) bond motifs is 2. The maximum atomic E-state index is 16.7. The number of nitrogens with zero attached hydrogens (tertiary/aromatic N) is 5. The zero-order valence-corrected chi connectivity index (χ0v) is 25.3. The van der Waals surface area contributed by atoms with Gasteiger partial charge < -0.3 is 25.4 Å². The Kier molecular flexibility index (Phi) is 7.69. The standard InChI is InChI=1S/C30H32F5N7O2S/c1-41(16-4-7-37-13-16)26-18-12-19(30(33,34)35)21(17-2-3-20(31)25-24(17)38-27(36)45-25)22(32)23(18)39-28(40-26)44-15-29(5-6-29)14-42-8-10-43-11-9-42/h2-3,12,16,37H,4-11,13-15H2,1H3,(H2,36,38)/t16-/m1/s1. The van der Waals surface area contributed by atoms with Crippen LogP contribution in [-0.2, 0) is 10.9 Å². The van der Waals surface area contributed by atoms with Crippen LogP contribution < -0.4 is 20.7 Å². The van der Waals surface area contributed by atoms with E-state index in [2.05, 4.69) is 25.2 Å². The zero-order valence-electron chi connectivity index (χ0n) is 24.5. The van der Waals surface area contributed by atoms with Gasteiger partial charge in [0.05, 0.1) is 35.6 Å². The summed E-state index contributed by atoms with van der Waals surface area (Å²) in [6, 6.07) is 2.75. The van der Waals surface area contributed by atoms with Gasteiger partial charge in [-0.1, -0.05) is 11.3 Å². The zero-order chi connectivity index (χ0) is 31.5. The van der Waals surface area contributed by atoms with E-state index in [0.717, 1.165) is 75.0 Å². The van der Waals surface area contributed by atoms with E-state index in [-0.39, 0.29) is 61.7 Å². The molecule has 1 aliphatic carbocycles. The fourth-order valence-corrected chi connectivity index (χ4v) is 7.09. The lowest BCUT2D eigenvalue weighted by Gasteiger charge is -2.30. The Morgan fingerprint density at radius 2 is 1.93 bits per heavy atom. The highest BCUT2D eigenvalue weighted by Crippen LogP contribution is 2.48. The summed E-state index contributed by atoms with van der Waals surface area (Å²) in [5.41, 5.74) is 2.95. The van der Waals surface area contributed by atoms with E-state index in [1.165, 1.54) is 0 Å². The van der Waals surface area contributed by atoms with Crippen molar-refractivity contribution in [3.8, 4) is 17.1 Å². The molecule has 4 aromatic rings. The Balaban J connectivity index is 1.36. The summed E-state index contributed by atoms with van der Waals surface area (Å²) in [6.45, 7) is 5.43. The highest BCUT2D eigenvalue weighted by Gasteiger charge is 2.45. The number of hydrogen-bond donors (Lipinski definition) is 2. The fourth-order valence-electron chi connectivity index (χ4n) is 6.32. The summed E-state index contributed by atoms with van der Waals surface area (Å²) in [7, 11) is 1.73. The van der Waals surface area contributed by atoms with Crippen molar-refractivity contribution < 1.29 is 31.4 Å². The lowest BCUT2D eigenvalue weighted by Crippen LogP contribution is -2.41. The van der Waals surface area contributed by atoms with Gasteiger partial charge in [-0.15, -0.1) is 0 Å². The van der Waals surface area contributed by atoms with Gasteiger partial charge in [-0.2, -0.15) is 23.1 Å². The van der Waals surface area contributed by atoms with Crippen LogP contribution in [0.15, 0.2) is 18.2 Å². The van der Waals surface area contributed by atoms with Crippen LogP contribution in [0.1, 0.15) is 24.8 Å². The smallest absolute Gasteiger partial charge is 0.417 e. The van der Waals surface area contributed by atoms with Crippen molar-refractivity contribution in [3.63, 3.8) is 0 Å². The molecule has 2 saturated heterocycles. The van der Waals surface area contributed by atoms with Crippen LogP contribution in [0.4, 0.5) is 32.9 Å². The molecule has 4 heterocycles. The van der Waals surface area contributed by atoms with Crippen LogP contribution in [0.25, 0.3) is 32.2 Å². The molecule has 3 aliphatic rings. The largest absolute Gasteiger partial charge is 0.463 e. The van der Waals surface area contributed by atoms with Crippen molar-refractivity contribution in [2.75, 3.05) is 70.2 Å². The van der Waals surface area contributed by atoms with E-state index in [1.54, 1.807) is 11.9 Å². The monoisotopic (exact) mass is 649 g/mol. The number of rotatable bonds is 8. The molecular formula is C30H32F5N7O2S. The van der Waals surface area contributed by atoms with Gasteiger partial charge >= 0.3 is 12.2 Å². The summed E-state index contributed by atoms with van der Waals surface area (Å²) >= 11 is 0.780. The molecule has 0 radical (unpaired) electrons. The maximum Gasteiger partial charge on any atom is 0.417 e. The van der Waals surface area contributed by atoms with Gasteiger partial charge in [0.15, 0.2) is 10.9 Å². The third-order valence-corrected chi connectivity index (χ3v) is 9.91. The van der Waals surface area contributed by atoms with E-state index in [9.17, 15) is 17.6 Å². The molecule has 2 aromatic carbocycles. The molecule has 0 bridgehead atoms. The third-order valence-electron chi connectivity index (χ3n) is 9.02. The van der Waals surface area contributed by atoms with E-state index in [0.29, 0.717) is 19.8 Å². The molecule has 1 atom stereocenters. The molecule has 3 N–H and O–H groups in total. The number of hydrogen-bond acceptors (Lipinski definition) is 10. The topological polar surface area (TPSA) is 102 Å². The molecule has 3 fully saturated rings. The van der Waals surface area contributed by atoms with E-state index in [1.807, 2.05) is 0 Å². The predicted octanol–water partition coefficient (Wildman–Crippen LogP) is 5.08. The Hall–Kier alpha value is -3.40. The predicted molar refractivity (Wildman–Crippen MR) is 162 cm³/mol. The van der Waals surface area contributed by atoms with E-state index >= 15 is 4.39 Å².